The van der Waals surface area contributed by atoms with Gasteiger partial charge in [-0.2, -0.15) is 0 Å². The minimum Gasteiger partial charge on any atom is -0.449 e. The normalized spacial score (nSPS) is 12.7. The van der Waals surface area contributed by atoms with Crippen molar-refractivity contribution in [2.24, 2.45) is 5.92 Å². The molecule has 0 bridgehead atoms. The molecule has 1 heterocycles. The number of fused-ring (bicyclic) bond motifs is 1. The molecule has 0 fully saturated rings. The van der Waals surface area contributed by atoms with Crippen molar-refractivity contribution in [3.05, 3.63) is 36.2 Å². The molecule has 0 radical (unpaired) electrons. The molecule has 1 aromatic carbocycles. The van der Waals surface area contributed by atoms with Crippen LogP contribution in [0.2, 0.25) is 0 Å². The number of rotatable bonds is 6. The number of nitrogens with zero attached hydrogens (tertiary/aromatic N) is 1. The molecule has 23 heavy (non-hydrogen) atoms. The lowest BCUT2D eigenvalue weighted by Gasteiger charge is -2.13. The fourth-order valence-electron chi connectivity index (χ4n) is 1.82. The van der Waals surface area contributed by atoms with E-state index in [4.69, 9.17) is 9.15 Å². The number of carbonyl (C=O) groups excluding carboxylic acids is 2. The smallest absolute Gasteiger partial charge is 0.331 e. The minimum absolute atomic E-state index is 0.306. The highest BCUT2D eigenvalue weighted by Crippen LogP contribution is 2.15. The molecule has 0 saturated carbocycles. The van der Waals surface area contributed by atoms with Crippen LogP contribution < -0.4 is 5.32 Å². The van der Waals surface area contributed by atoms with Crippen molar-refractivity contribution >= 4 is 29.1 Å². The van der Waals surface area contributed by atoms with Crippen molar-refractivity contribution in [2.45, 2.75) is 26.9 Å². The fraction of sp³-hybridized carbons (Fsp3) is 0.353. The van der Waals surface area contributed by atoms with Crippen LogP contribution in [0.5, 0.6) is 0 Å². The van der Waals surface area contributed by atoms with Crippen molar-refractivity contribution in [2.75, 3.05) is 6.54 Å². The molecule has 6 nitrogen and oxygen atoms in total. The molecule has 1 N–H and O–H groups in total. The largest absolute Gasteiger partial charge is 0.449 e. The van der Waals surface area contributed by atoms with Gasteiger partial charge in [0.15, 0.2) is 11.7 Å². The summed E-state index contributed by atoms with van der Waals surface area (Å²) in [6.45, 7) is 6.04. The zero-order valence-corrected chi connectivity index (χ0v) is 13.4. The zero-order valence-electron chi connectivity index (χ0n) is 13.4. The summed E-state index contributed by atoms with van der Waals surface area (Å²) in [6.07, 6.45) is 1.76. The standard InChI is InChI=1S/C17H20N2O4/c1-11(2)10-18-17(21)12(3)22-16(20)9-8-15-19-13-6-4-5-7-14(13)23-15/h4-9,11-12H,10H2,1-3H3,(H,18,21)/b9-8+/t12-/m1/s1. The number of oxazole rings is 1. The monoisotopic (exact) mass is 316 g/mol. The van der Waals surface area contributed by atoms with Gasteiger partial charge in [0.05, 0.1) is 0 Å². The number of ether oxygens (including phenoxy) is 1. The molecule has 1 atom stereocenters. The molecule has 1 aromatic heterocycles. The van der Waals surface area contributed by atoms with E-state index >= 15 is 0 Å². The molecule has 0 saturated heterocycles. The first-order valence-electron chi connectivity index (χ1n) is 7.47. The average molecular weight is 316 g/mol. The minimum atomic E-state index is -0.852. The van der Waals surface area contributed by atoms with Crippen LogP contribution in [0.4, 0.5) is 0 Å². The highest BCUT2D eigenvalue weighted by molar-refractivity contribution is 5.90. The quantitative estimate of drug-likeness (QED) is 0.654. The summed E-state index contributed by atoms with van der Waals surface area (Å²) in [5, 5.41) is 2.71. The average Bonchev–Trinajstić information content (AvgIpc) is 2.93. The van der Waals surface area contributed by atoms with Gasteiger partial charge in [0, 0.05) is 18.7 Å². The molecule has 0 unspecified atom stereocenters. The number of carbonyl (C=O) groups is 2. The maximum atomic E-state index is 11.7. The van der Waals surface area contributed by atoms with Gasteiger partial charge >= 0.3 is 5.97 Å². The molecule has 0 aliphatic rings. The second-order valence-corrected chi connectivity index (χ2v) is 5.57. The molecule has 6 heteroatoms. The Kier molecular flexibility index (Phi) is 5.51. The van der Waals surface area contributed by atoms with Crippen LogP contribution in [0, 0.1) is 5.92 Å². The van der Waals surface area contributed by atoms with Crippen molar-refractivity contribution in [1.82, 2.24) is 10.3 Å². The summed E-state index contributed by atoms with van der Waals surface area (Å²) in [5.74, 6) is -0.303. The molecular formula is C17H20N2O4. The Hall–Kier alpha value is -2.63. The lowest BCUT2D eigenvalue weighted by atomic mass is 10.2. The number of para-hydroxylation sites is 2. The molecule has 0 aliphatic heterocycles. The predicted molar refractivity (Wildman–Crippen MR) is 86.4 cm³/mol. The van der Waals surface area contributed by atoms with E-state index in [0.717, 1.165) is 0 Å². The van der Waals surface area contributed by atoms with E-state index in [1.54, 1.807) is 6.07 Å². The number of hydrogen-bond donors (Lipinski definition) is 1. The summed E-state index contributed by atoms with van der Waals surface area (Å²) < 4.78 is 10.5. The van der Waals surface area contributed by atoms with Gasteiger partial charge in [-0.15, -0.1) is 0 Å². The fourth-order valence-corrected chi connectivity index (χ4v) is 1.82. The second kappa shape index (κ2) is 7.58. The third-order valence-electron chi connectivity index (χ3n) is 3.02. The molecule has 1 amide bonds. The summed E-state index contributed by atoms with van der Waals surface area (Å²) in [5.41, 5.74) is 1.35. The van der Waals surface area contributed by atoms with Crippen LogP contribution >= 0.6 is 0 Å². The van der Waals surface area contributed by atoms with E-state index in [1.165, 1.54) is 19.1 Å². The molecule has 2 aromatic rings. The number of hydrogen-bond acceptors (Lipinski definition) is 5. The first-order chi connectivity index (χ1) is 11.0. The Morgan fingerprint density at radius 1 is 1.30 bits per heavy atom. The van der Waals surface area contributed by atoms with Crippen molar-refractivity contribution in [3.63, 3.8) is 0 Å². The van der Waals surface area contributed by atoms with Gasteiger partial charge in [-0.05, 0) is 25.0 Å². The van der Waals surface area contributed by atoms with Crippen molar-refractivity contribution in [3.8, 4) is 0 Å². The maximum absolute atomic E-state index is 11.7. The van der Waals surface area contributed by atoms with Gasteiger partial charge in [0.2, 0.25) is 5.89 Å². The SMILES string of the molecule is CC(C)CNC(=O)[C@@H](C)OC(=O)/C=C/c1nc2ccccc2o1. The van der Waals surface area contributed by atoms with Crippen LogP contribution in [0.3, 0.4) is 0 Å². The lowest BCUT2D eigenvalue weighted by Crippen LogP contribution is -2.37. The number of amides is 1. The van der Waals surface area contributed by atoms with Crippen LogP contribution in [0.1, 0.15) is 26.7 Å². The summed E-state index contributed by atoms with van der Waals surface area (Å²) in [6, 6.07) is 7.30. The Bertz CT molecular complexity index is 685. The number of benzene rings is 1. The lowest BCUT2D eigenvalue weighted by molar-refractivity contribution is -0.150. The molecule has 122 valence electrons. The van der Waals surface area contributed by atoms with Crippen LogP contribution in [-0.2, 0) is 14.3 Å². The van der Waals surface area contributed by atoms with Crippen LogP contribution in [0.15, 0.2) is 34.8 Å². The molecule has 0 aliphatic carbocycles. The van der Waals surface area contributed by atoms with Gasteiger partial charge < -0.3 is 14.5 Å². The number of nitrogens with one attached hydrogen (secondary N) is 1. The van der Waals surface area contributed by atoms with Gasteiger partial charge in [0.1, 0.15) is 5.52 Å². The van der Waals surface area contributed by atoms with Gasteiger partial charge in [-0.25, -0.2) is 9.78 Å². The summed E-state index contributed by atoms with van der Waals surface area (Å²) >= 11 is 0. The predicted octanol–water partition coefficient (Wildman–Crippen LogP) is 2.54. The van der Waals surface area contributed by atoms with E-state index in [0.29, 0.717) is 29.5 Å². The van der Waals surface area contributed by atoms with E-state index < -0.39 is 12.1 Å². The van der Waals surface area contributed by atoms with E-state index in [1.807, 2.05) is 32.0 Å². The first kappa shape index (κ1) is 16.7. The third kappa shape index (κ3) is 4.95. The zero-order chi connectivity index (χ0) is 16.8. The molecular weight excluding hydrogens is 296 g/mol. The van der Waals surface area contributed by atoms with Crippen LogP contribution in [0.25, 0.3) is 17.2 Å². The Morgan fingerprint density at radius 3 is 2.74 bits per heavy atom. The van der Waals surface area contributed by atoms with Crippen molar-refractivity contribution in [1.29, 1.82) is 0 Å². The van der Waals surface area contributed by atoms with E-state index in [2.05, 4.69) is 10.3 Å². The third-order valence-corrected chi connectivity index (χ3v) is 3.02. The Labute approximate surface area is 134 Å². The number of esters is 1. The Morgan fingerprint density at radius 2 is 2.04 bits per heavy atom. The molecule has 2 rings (SSSR count). The Balaban J connectivity index is 1.89. The van der Waals surface area contributed by atoms with Gasteiger partial charge in [-0.3, -0.25) is 4.79 Å². The highest BCUT2D eigenvalue weighted by atomic mass is 16.5. The summed E-state index contributed by atoms with van der Waals surface area (Å²) in [4.78, 5) is 27.7. The second-order valence-electron chi connectivity index (χ2n) is 5.57. The van der Waals surface area contributed by atoms with Gasteiger partial charge in [-0.1, -0.05) is 26.0 Å². The van der Waals surface area contributed by atoms with Gasteiger partial charge in [0.25, 0.3) is 5.91 Å². The van der Waals surface area contributed by atoms with Crippen LogP contribution in [-0.4, -0.2) is 29.5 Å². The molecule has 0 spiro atoms. The highest BCUT2D eigenvalue weighted by Gasteiger charge is 2.16. The van der Waals surface area contributed by atoms with E-state index in [9.17, 15) is 9.59 Å². The number of aromatic nitrogens is 1. The summed E-state index contributed by atoms with van der Waals surface area (Å²) in [7, 11) is 0. The van der Waals surface area contributed by atoms with E-state index in [-0.39, 0.29) is 5.91 Å². The first-order valence-corrected chi connectivity index (χ1v) is 7.47. The topological polar surface area (TPSA) is 81.4 Å². The van der Waals surface area contributed by atoms with Crippen molar-refractivity contribution < 1.29 is 18.7 Å². The maximum Gasteiger partial charge on any atom is 0.331 e.